The van der Waals surface area contributed by atoms with Gasteiger partial charge in [0, 0.05) is 72.4 Å². The van der Waals surface area contributed by atoms with E-state index in [1.54, 1.807) is 0 Å². The van der Waals surface area contributed by atoms with Gasteiger partial charge in [-0.05, 0) is 60.7 Å². The van der Waals surface area contributed by atoms with Crippen LogP contribution in [0.4, 0.5) is 34.6 Å². The molecule has 0 fully saturated rings. The Bertz CT molecular complexity index is 1760. The number of fused-ring (bicyclic) bond motifs is 3. The van der Waals surface area contributed by atoms with Crippen LogP contribution in [0.5, 0.6) is 0 Å². The Morgan fingerprint density at radius 3 is 1.36 bits per heavy atom. The van der Waals surface area contributed by atoms with E-state index in [1.807, 2.05) is 96.5 Å². The van der Waals surface area contributed by atoms with Gasteiger partial charge in [0.15, 0.2) is 0 Å². The predicted octanol–water partition coefficient (Wildman–Crippen LogP) is 7.99. The fraction of sp³-hybridized carbons (Fsp3) is 0.0625. The summed E-state index contributed by atoms with van der Waals surface area (Å²) in [6.07, 6.45) is 7.55. The molecule has 7 aromatic rings. The molecule has 0 N–H and O–H groups in total. The second-order valence-corrected chi connectivity index (χ2v) is 9.48. The van der Waals surface area contributed by atoms with E-state index < -0.39 is 0 Å². The van der Waals surface area contributed by atoms with Crippen LogP contribution in [0, 0.1) is 0 Å². The number of nitrogens with zero attached hydrogens (tertiary/aromatic N) is 6. The van der Waals surface area contributed by atoms with Crippen LogP contribution < -0.4 is 9.80 Å². The molecule has 190 valence electrons. The Labute approximate surface area is 225 Å². The highest BCUT2D eigenvalue weighted by Crippen LogP contribution is 2.40. The van der Waals surface area contributed by atoms with Gasteiger partial charge in [-0.2, -0.15) is 0 Å². The van der Waals surface area contributed by atoms with Crippen molar-refractivity contribution in [3.8, 4) is 0 Å². The number of aromatic nitrogens is 4. The average molecular weight is 511 g/mol. The molecule has 0 atom stereocenters. The Balaban J connectivity index is 1.41. The van der Waals surface area contributed by atoms with Crippen LogP contribution in [0.25, 0.3) is 21.9 Å². The summed E-state index contributed by atoms with van der Waals surface area (Å²) in [6, 6.07) is 33.2. The largest absolute Gasteiger partial charge is 0.456 e. The molecule has 0 aliphatic heterocycles. The summed E-state index contributed by atoms with van der Waals surface area (Å²) in [7, 11) is 4.01. The van der Waals surface area contributed by atoms with E-state index in [9.17, 15) is 0 Å². The summed E-state index contributed by atoms with van der Waals surface area (Å²) in [6.45, 7) is 0. The molecule has 0 unspecified atom stereocenters. The van der Waals surface area contributed by atoms with Gasteiger partial charge in [-0.3, -0.25) is 9.80 Å². The summed E-state index contributed by atoms with van der Waals surface area (Å²) < 4.78 is 10.3. The second-order valence-electron chi connectivity index (χ2n) is 9.48. The first-order valence-electron chi connectivity index (χ1n) is 12.8. The Hall–Kier alpha value is -5.30. The van der Waals surface area contributed by atoms with E-state index in [0.717, 1.165) is 56.6 Å². The third-order valence-corrected chi connectivity index (χ3v) is 6.97. The number of imidazole rings is 2. The molecule has 0 bridgehead atoms. The summed E-state index contributed by atoms with van der Waals surface area (Å²) in [5.41, 5.74) is 5.73. The zero-order chi connectivity index (χ0) is 26.3. The lowest BCUT2D eigenvalue weighted by Gasteiger charge is -2.24. The molecule has 0 amide bonds. The lowest BCUT2D eigenvalue weighted by atomic mass is 10.1. The van der Waals surface area contributed by atoms with Crippen LogP contribution in [0.15, 0.2) is 126 Å². The fourth-order valence-corrected chi connectivity index (χ4v) is 5.09. The van der Waals surface area contributed by atoms with Crippen LogP contribution in [-0.4, -0.2) is 19.1 Å². The zero-order valence-electron chi connectivity index (χ0n) is 21.6. The van der Waals surface area contributed by atoms with Crippen LogP contribution in [0.1, 0.15) is 0 Å². The minimum atomic E-state index is 0.832. The Kier molecular flexibility index (Phi) is 5.41. The van der Waals surface area contributed by atoms with Crippen molar-refractivity contribution in [3.63, 3.8) is 0 Å². The van der Waals surface area contributed by atoms with Gasteiger partial charge >= 0.3 is 0 Å². The topological polar surface area (TPSA) is 55.3 Å². The van der Waals surface area contributed by atoms with Gasteiger partial charge in [0.1, 0.15) is 11.2 Å². The molecule has 0 spiro atoms. The molecular weight excluding hydrogens is 484 g/mol. The van der Waals surface area contributed by atoms with Crippen molar-refractivity contribution in [2.24, 2.45) is 14.1 Å². The Morgan fingerprint density at radius 2 is 0.974 bits per heavy atom. The van der Waals surface area contributed by atoms with Gasteiger partial charge in [-0.15, -0.1) is 0 Å². The first-order valence-corrected chi connectivity index (χ1v) is 12.8. The minimum Gasteiger partial charge on any atom is -0.456 e. The highest BCUT2D eigenvalue weighted by Gasteiger charge is 2.20. The van der Waals surface area contributed by atoms with Crippen LogP contribution >= 0.6 is 0 Å². The van der Waals surface area contributed by atoms with Crippen molar-refractivity contribution in [1.82, 2.24) is 19.1 Å². The molecule has 0 radical (unpaired) electrons. The first-order chi connectivity index (χ1) is 19.2. The van der Waals surface area contributed by atoms with E-state index in [-0.39, 0.29) is 0 Å². The van der Waals surface area contributed by atoms with E-state index in [0.29, 0.717) is 0 Å². The maximum Gasteiger partial charge on any atom is 0.214 e. The molecular formula is C32H26N6O. The minimum absolute atomic E-state index is 0.832. The van der Waals surface area contributed by atoms with Crippen molar-refractivity contribution in [3.05, 3.63) is 122 Å². The van der Waals surface area contributed by atoms with E-state index in [2.05, 4.69) is 68.3 Å². The van der Waals surface area contributed by atoms with Crippen LogP contribution in [0.2, 0.25) is 0 Å². The van der Waals surface area contributed by atoms with E-state index >= 15 is 0 Å². The van der Waals surface area contributed by atoms with Gasteiger partial charge in [0.2, 0.25) is 11.9 Å². The number of furan rings is 1. The highest BCUT2D eigenvalue weighted by molar-refractivity contribution is 6.08. The molecule has 7 rings (SSSR count). The summed E-state index contributed by atoms with van der Waals surface area (Å²) >= 11 is 0. The van der Waals surface area contributed by atoms with Crippen LogP contribution in [-0.2, 0) is 14.1 Å². The fourth-order valence-electron chi connectivity index (χ4n) is 5.09. The third-order valence-electron chi connectivity index (χ3n) is 6.97. The first kappa shape index (κ1) is 22.9. The van der Waals surface area contributed by atoms with Crippen molar-refractivity contribution in [1.29, 1.82) is 0 Å². The van der Waals surface area contributed by atoms with Gasteiger partial charge in [0.25, 0.3) is 0 Å². The number of aryl methyl sites for hydroxylation is 2. The molecule has 7 nitrogen and oxygen atoms in total. The zero-order valence-corrected chi connectivity index (χ0v) is 21.6. The van der Waals surface area contributed by atoms with E-state index in [4.69, 9.17) is 4.42 Å². The van der Waals surface area contributed by atoms with Crippen molar-refractivity contribution in [2.75, 3.05) is 9.80 Å². The normalized spacial score (nSPS) is 11.3. The standard InChI is InChI=1S/C32H26N6O/c1-35-19-17-33-31(35)37(23-9-5-3-6-10-23)25-13-15-29-27(21-25)28-22-26(14-16-30(28)39-29)38(24-11-7-4-8-12-24)32-34-18-20-36(32)2/h3-22H,1-2H3. The molecule has 0 saturated heterocycles. The average Bonchev–Trinajstić information content (AvgIpc) is 3.69. The molecule has 3 aromatic heterocycles. The smallest absolute Gasteiger partial charge is 0.214 e. The van der Waals surface area contributed by atoms with Crippen molar-refractivity contribution >= 4 is 56.6 Å². The van der Waals surface area contributed by atoms with Gasteiger partial charge < -0.3 is 13.6 Å². The number of benzene rings is 4. The number of rotatable bonds is 6. The summed E-state index contributed by atoms with van der Waals surface area (Å²) in [5.74, 6) is 1.66. The molecule has 39 heavy (non-hydrogen) atoms. The van der Waals surface area contributed by atoms with Crippen molar-refractivity contribution in [2.45, 2.75) is 0 Å². The summed E-state index contributed by atoms with van der Waals surface area (Å²) in [4.78, 5) is 13.6. The number of para-hydroxylation sites is 2. The van der Waals surface area contributed by atoms with Gasteiger partial charge in [0.05, 0.1) is 0 Å². The molecule has 4 aromatic carbocycles. The maximum absolute atomic E-state index is 6.28. The molecule has 0 aliphatic carbocycles. The van der Waals surface area contributed by atoms with Crippen molar-refractivity contribution < 1.29 is 4.42 Å². The third kappa shape index (κ3) is 3.92. The van der Waals surface area contributed by atoms with Crippen LogP contribution in [0.3, 0.4) is 0 Å². The quantitative estimate of drug-likeness (QED) is 0.227. The highest BCUT2D eigenvalue weighted by atomic mass is 16.3. The number of hydrogen-bond donors (Lipinski definition) is 0. The Morgan fingerprint density at radius 1 is 0.538 bits per heavy atom. The van der Waals surface area contributed by atoms with Gasteiger partial charge in [-0.25, -0.2) is 9.97 Å². The molecule has 0 saturated carbocycles. The monoisotopic (exact) mass is 510 g/mol. The SMILES string of the molecule is Cn1ccnc1N(c1ccccc1)c1ccc2oc3ccc(N(c4ccccc4)c4nccn4C)cc3c2c1. The predicted molar refractivity (Wildman–Crippen MR) is 157 cm³/mol. The lowest BCUT2D eigenvalue weighted by Crippen LogP contribution is -2.14. The molecule has 7 heteroatoms. The van der Waals surface area contributed by atoms with Gasteiger partial charge in [-0.1, -0.05) is 36.4 Å². The lowest BCUT2D eigenvalue weighted by molar-refractivity contribution is 0.669. The molecule has 3 heterocycles. The number of anilines is 6. The summed E-state index contributed by atoms with van der Waals surface area (Å²) in [5, 5.41) is 2.07. The number of hydrogen-bond acceptors (Lipinski definition) is 5. The molecule has 0 aliphatic rings. The second kappa shape index (κ2) is 9.22. The van der Waals surface area contributed by atoms with E-state index in [1.165, 1.54) is 0 Å². The maximum atomic E-state index is 6.28.